The molecule has 0 atom stereocenters. The molecule has 184 valence electrons. The fourth-order valence-corrected chi connectivity index (χ4v) is 4.28. The van der Waals surface area contributed by atoms with Crippen LogP contribution in [0, 0.1) is 0 Å². The lowest BCUT2D eigenvalue weighted by molar-refractivity contribution is 0.0923. The Labute approximate surface area is 219 Å². The molecule has 0 saturated heterocycles. The number of aliphatic imine (C=N–C) groups is 1. The van der Waals surface area contributed by atoms with E-state index in [1.165, 1.54) is 6.33 Å². The zero-order valence-corrected chi connectivity index (χ0v) is 21.1. The molecular formula is C29H25N5O2S. The molecule has 3 aromatic heterocycles. The molecule has 7 nitrogen and oxygen atoms in total. The third-order valence-electron chi connectivity index (χ3n) is 5.77. The molecule has 5 rings (SSSR count). The summed E-state index contributed by atoms with van der Waals surface area (Å²) in [5.74, 6) is 0.723. The number of benzene rings is 2. The van der Waals surface area contributed by atoms with Crippen molar-refractivity contribution in [2.24, 2.45) is 4.99 Å². The molecule has 0 aliphatic heterocycles. The number of ether oxygens (including phenoxy) is 1. The molecule has 3 heterocycles. The molecule has 0 saturated carbocycles. The number of nitrogens with zero attached hydrogens (tertiary/aromatic N) is 5. The normalized spacial score (nSPS) is 10.9. The van der Waals surface area contributed by atoms with Gasteiger partial charge < -0.3 is 9.30 Å². The summed E-state index contributed by atoms with van der Waals surface area (Å²) in [5.41, 5.74) is 4.94. The van der Waals surface area contributed by atoms with Crippen LogP contribution in [0.15, 0.2) is 103 Å². The van der Waals surface area contributed by atoms with Gasteiger partial charge in [0.05, 0.1) is 29.8 Å². The van der Waals surface area contributed by atoms with Crippen LogP contribution in [0.3, 0.4) is 0 Å². The Morgan fingerprint density at radius 2 is 1.68 bits per heavy atom. The van der Waals surface area contributed by atoms with Gasteiger partial charge in [-0.3, -0.25) is 9.78 Å². The fraction of sp³-hybridized carbons (Fsp3) is 0.138. The van der Waals surface area contributed by atoms with Crippen molar-refractivity contribution in [1.29, 1.82) is 0 Å². The second kappa shape index (κ2) is 11.7. The minimum absolute atomic E-state index is 0.173. The van der Waals surface area contributed by atoms with E-state index in [9.17, 15) is 4.79 Å². The standard InChI is InChI=1S/C29H25N5O2S/c1-37-13-12-36-20-34-18-26(25-17-31-19-32-29(25)34)28(35)23-14-24(16-30-15-23)33-27(21-8-4-2-5-9-21)22-10-6-3-7-11-22/h2-11,14-19H,12-13,20H2,1H3. The van der Waals surface area contributed by atoms with Crippen LogP contribution in [0.25, 0.3) is 11.0 Å². The maximum atomic E-state index is 13.6. The summed E-state index contributed by atoms with van der Waals surface area (Å²) < 4.78 is 7.59. The van der Waals surface area contributed by atoms with Crippen LogP contribution < -0.4 is 0 Å². The lowest BCUT2D eigenvalue weighted by Gasteiger charge is -2.08. The topological polar surface area (TPSA) is 82.3 Å². The quantitative estimate of drug-likeness (QED) is 0.140. The molecule has 0 fully saturated rings. The molecule has 0 aliphatic carbocycles. The van der Waals surface area contributed by atoms with Crippen molar-refractivity contribution in [3.63, 3.8) is 0 Å². The smallest absolute Gasteiger partial charge is 0.196 e. The van der Waals surface area contributed by atoms with Crippen molar-refractivity contribution in [3.8, 4) is 0 Å². The molecule has 2 aromatic carbocycles. The largest absolute Gasteiger partial charge is 0.360 e. The van der Waals surface area contributed by atoms with Crippen LogP contribution in [0.1, 0.15) is 27.0 Å². The molecule has 5 aromatic rings. The van der Waals surface area contributed by atoms with Crippen LogP contribution in [0.2, 0.25) is 0 Å². The first-order valence-electron chi connectivity index (χ1n) is 11.8. The van der Waals surface area contributed by atoms with Crippen molar-refractivity contribution in [2.45, 2.75) is 6.73 Å². The van der Waals surface area contributed by atoms with Gasteiger partial charge >= 0.3 is 0 Å². The van der Waals surface area contributed by atoms with Gasteiger partial charge in [0.2, 0.25) is 0 Å². The van der Waals surface area contributed by atoms with E-state index in [1.807, 2.05) is 71.5 Å². The summed E-state index contributed by atoms with van der Waals surface area (Å²) in [6.45, 7) is 0.922. The minimum atomic E-state index is -0.173. The summed E-state index contributed by atoms with van der Waals surface area (Å²) in [4.78, 5) is 31.4. The lowest BCUT2D eigenvalue weighted by atomic mass is 10.0. The lowest BCUT2D eigenvalue weighted by Crippen LogP contribution is -2.05. The Hall–Kier alpha value is -4.14. The van der Waals surface area contributed by atoms with Crippen LogP contribution in [-0.4, -0.2) is 49.6 Å². The third kappa shape index (κ3) is 5.66. The third-order valence-corrected chi connectivity index (χ3v) is 6.34. The summed E-state index contributed by atoms with van der Waals surface area (Å²) in [6.07, 6.45) is 10.2. The van der Waals surface area contributed by atoms with E-state index < -0.39 is 0 Å². The zero-order chi connectivity index (χ0) is 25.5. The van der Waals surface area contributed by atoms with E-state index in [4.69, 9.17) is 9.73 Å². The first-order chi connectivity index (χ1) is 18.2. The van der Waals surface area contributed by atoms with E-state index in [0.29, 0.717) is 41.2 Å². The van der Waals surface area contributed by atoms with Gasteiger partial charge in [-0.1, -0.05) is 60.7 Å². The average Bonchev–Trinajstić information content (AvgIpc) is 3.33. The number of ketones is 1. The highest BCUT2D eigenvalue weighted by atomic mass is 32.2. The second-order valence-corrected chi connectivity index (χ2v) is 9.24. The molecule has 0 N–H and O–H groups in total. The number of hydrogen-bond donors (Lipinski definition) is 0. The number of thioether (sulfide) groups is 1. The van der Waals surface area contributed by atoms with E-state index >= 15 is 0 Å². The SMILES string of the molecule is CSCCOCn1cc(C(=O)c2cncc(N=C(c3ccccc3)c3ccccc3)c2)c2cncnc21. The number of hydrogen-bond acceptors (Lipinski definition) is 7. The van der Waals surface area contributed by atoms with Gasteiger partial charge in [-0.05, 0) is 12.3 Å². The number of pyridine rings is 1. The number of carbonyl (C=O) groups excluding carboxylic acids is 1. The Morgan fingerprint density at radius 1 is 0.946 bits per heavy atom. The highest BCUT2D eigenvalue weighted by molar-refractivity contribution is 7.98. The van der Waals surface area contributed by atoms with Gasteiger partial charge in [0.15, 0.2) is 5.78 Å². The van der Waals surface area contributed by atoms with Crippen LogP contribution >= 0.6 is 11.8 Å². The predicted molar refractivity (Wildman–Crippen MR) is 148 cm³/mol. The maximum Gasteiger partial charge on any atom is 0.196 e. The number of rotatable bonds is 10. The number of carbonyl (C=O) groups is 1. The minimum Gasteiger partial charge on any atom is -0.360 e. The van der Waals surface area contributed by atoms with Crippen LogP contribution in [0.5, 0.6) is 0 Å². The monoisotopic (exact) mass is 507 g/mol. The van der Waals surface area contributed by atoms with Crippen LogP contribution in [-0.2, 0) is 11.5 Å². The summed E-state index contributed by atoms with van der Waals surface area (Å²) in [5, 5.41) is 0.670. The van der Waals surface area contributed by atoms with E-state index in [0.717, 1.165) is 22.6 Å². The van der Waals surface area contributed by atoms with Crippen molar-refractivity contribution in [1.82, 2.24) is 19.5 Å². The van der Waals surface area contributed by atoms with Gasteiger partial charge in [-0.25, -0.2) is 15.0 Å². The zero-order valence-electron chi connectivity index (χ0n) is 20.3. The molecule has 0 unspecified atom stereocenters. The van der Waals surface area contributed by atoms with Gasteiger partial charge in [0, 0.05) is 46.4 Å². The first kappa shape index (κ1) is 24.5. The maximum absolute atomic E-state index is 13.6. The molecular weight excluding hydrogens is 482 g/mol. The molecule has 0 aliphatic rings. The second-order valence-electron chi connectivity index (χ2n) is 8.26. The van der Waals surface area contributed by atoms with Gasteiger partial charge in [0.25, 0.3) is 0 Å². The van der Waals surface area contributed by atoms with E-state index in [2.05, 4.69) is 15.0 Å². The van der Waals surface area contributed by atoms with Crippen molar-refractivity contribution >= 4 is 40.0 Å². The summed E-state index contributed by atoms with van der Waals surface area (Å²) >= 11 is 1.72. The van der Waals surface area contributed by atoms with Crippen molar-refractivity contribution in [2.75, 3.05) is 18.6 Å². The molecule has 0 amide bonds. The Kier molecular flexibility index (Phi) is 7.78. The number of fused-ring (bicyclic) bond motifs is 1. The Bertz CT molecular complexity index is 1490. The first-order valence-corrected chi connectivity index (χ1v) is 13.2. The summed E-state index contributed by atoms with van der Waals surface area (Å²) in [7, 11) is 0. The Balaban J connectivity index is 1.50. The average molecular weight is 508 g/mol. The van der Waals surface area contributed by atoms with Crippen molar-refractivity contribution in [3.05, 3.63) is 120 Å². The van der Waals surface area contributed by atoms with E-state index in [1.54, 1.807) is 42.6 Å². The fourth-order valence-electron chi connectivity index (χ4n) is 4.00. The van der Waals surface area contributed by atoms with Crippen molar-refractivity contribution < 1.29 is 9.53 Å². The number of aromatic nitrogens is 4. The molecule has 8 heteroatoms. The van der Waals surface area contributed by atoms with Gasteiger partial charge in [0.1, 0.15) is 18.7 Å². The summed E-state index contributed by atoms with van der Waals surface area (Å²) in [6, 6.07) is 21.7. The molecule has 37 heavy (non-hydrogen) atoms. The molecule has 0 bridgehead atoms. The highest BCUT2D eigenvalue weighted by Gasteiger charge is 2.19. The molecule has 0 radical (unpaired) electrons. The van der Waals surface area contributed by atoms with Gasteiger partial charge in [-0.15, -0.1) is 0 Å². The van der Waals surface area contributed by atoms with Gasteiger partial charge in [-0.2, -0.15) is 11.8 Å². The molecule has 0 spiro atoms. The van der Waals surface area contributed by atoms with E-state index in [-0.39, 0.29) is 5.78 Å². The predicted octanol–water partition coefficient (Wildman–Crippen LogP) is 5.56. The van der Waals surface area contributed by atoms with Crippen LogP contribution in [0.4, 0.5) is 5.69 Å². The Morgan fingerprint density at radius 3 is 2.38 bits per heavy atom. The highest BCUT2D eigenvalue weighted by Crippen LogP contribution is 2.24.